The lowest BCUT2D eigenvalue weighted by Crippen LogP contribution is -2.49. The van der Waals surface area contributed by atoms with Crippen LogP contribution >= 0.6 is 0 Å². The quantitative estimate of drug-likeness (QED) is 0.530. The van der Waals surface area contributed by atoms with Crippen LogP contribution in [0.5, 0.6) is 0 Å². The van der Waals surface area contributed by atoms with E-state index in [0.717, 1.165) is 49.2 Å². The van der Waals surface area contributed by atoms with E-state index in [1.165, 1.54) is 77.0 Å². The van der Waals surface area contributed by atoms with Crippen LogP contribution in [0, 0.1) is 40.9 Å². The minimum Gasteiger partial charge on any atom is -0.298 e. The normalized spacial score (nSPS) is 44.1. The number of piperidine rings is 1. The van der Waals surface area contributed by atoms with Gasteiger partial charge < -0.3 is 0 Å². The third kappa shape index (κ3) is 3.72. The van der Waals surface area contributed by atoms with Crippen LogP contribution in [0.25, 0.3) is 0 Å². The van der Waals surface area contributed by atoms with Gasteiger partial charge >= 0.3 is 0 Å². The van der Waals surface area contributed by atoms with Gasteiger partial charge in [0, 0.05) is 5.92 Å². The molecular formula is C26H45NO. The van der Waals surface area contributed by atoms with Crippen molar-refractivity contribution in [2.45, 2.75) is 97.8 Å². The Morgan fingerprint density at radius 1 is 0.964 bits per heavy atom. The second-order valence-electron chi connectivity index (χ2n) is 11.1. The minimum absolute atomic E-state index is 0.309. The molecule has 4 rings (SSSR count). The molecular weight excluding hydrogens is 342 g/mol. The Morgan fingerprint density at radius 3 is 2.46 bits per heavy atom. The van der Waals surface area contributed by atoms with Crippen molar-refractivity contribution in [3.05, 3.63) is 0 Å². The van der Waals surface area contributed by atoms with Crippen LogP contribution < -0.4 is 0 Å². The Labute approximate surface area is 174 Å². The summed E-state index contributed by atoms with van der Waals surface area (Å²) in [5.41, 5.74) is 0.309. The number of hydrogen-bond donors (Lipinski definition) is 0. The highest BCUT2D eigenvalue weighted by Crippen LogP contribution is 2.63. The van der Waals surface area contributed by atoms with Crippen LogP contribution in [0.4, 0.5) is 0 Å². The van der Waals surface area contributed by atoms with E-state index >= 15 is 0 Å². The molecule has 7 unspecified atom stereocenters. The maximum absolute atomic E-state index is 13.4. The Hall–Kier alpha value is -0.370. The lowest BCUT2D eigenvalue weighted by Gasteiger charge is -2.54. The smallest absolute Gasteiger partial charge is 0.150 e. The summed E-state index contributed by atoms with van der Waals surface area (Å²) in [7, 11) is 0. The summed E-state index contributed by atoms with van der Waals surface area (Å²) in [6, 6.07) is 0. The van der Waals surface area contributed by atoms with Gasteiger partial charge in [-0.25, -0.2) is 0 Å². The number of ketones is 1. The van der Waals surface area contributed by atoms with E-state index < -0.39 is 0 Å². The number of rotatable bonds is 6. The molecule has 1 saturated heterocycles. The van der Waals surface area contributed by atoms with Crippen molar-refractivity contribution in [3.63, 3.8) is 0 Å². The molecule has 160 valence electrons. The van der Waals surface area contributed by atoms with Crippen molar-refractivity contribution in [3.8, 4) is 0 Å². The van der Waals surface area contributed by atoms with Gasteiger partial charge in [0.15, 0.2) is 0 Å². The molecule has 0 N–H and O–H groups in total. The van der Waals surface area contributed by atoms with Gasteiger partial charge in [0.2, 0.25) is 0 Å². The van der Waals surface area contributed by atoms with Crippen molar-refractivity contribution >= 4 is 5.78 Å². The standard InChI is InChI=1S/C26H45NO/c1-4-9-20-19(5-2)10-11-22-21(20)14-15-26(3)23(22)12-13-24(26)25(28)18-27-16-7-6-8-17-27/h19-24H,4-18H2,1-3H3. The second-order valence-corrected chi connectivity index (χ2v) is 11.1. The minimum atomic E-state index is 0.309. The monoisotopic (exact) mass is 387 g/mol. The van der Waals surface area contributed by atoms with Gasteiger partial charge in [-0.15, -0.1) is 0 Å². The van der Waals surface area contributed by atoms with E-state index in [-0.39, 0.29) is 0 Å². The van der Waals surface area contributed by atoms with Crippen LogP contribution in [0.3, 0.4) is 0 Å². The molecule has 4 aliphatic rings. The molecule has 2 nitrogen and oxygen atoms in total. The van der Waals surface area contributed by atoms with E-state index in [4.69, 9.17) is 0 Å². The molecule has 1 heterocycles. The zero-order valence-corrected chi connectivity index (χ0v) is 18.9. The first kappa shape index (κ1) is 20.9. The van der Waals surface area contributed by atoms with Crippen LogP contribution in [-0.2, 0) is 4.79 Å². The average molecular weight is 388 g/mol. The SMILES string of the molecule is CCCC1C(CC)CCC2C1CCC1(C)C(C(=O)CN3CCCCC3)CCC21. The maximum atomic E-state index is 13.4. The molecule has 0 radical (unpaired) electrons. The number of Topliss-reactive ketones (excluding diaryl/α,β-unsaturated/α-hetero) is 1. The van der Waals surface area contributed by atoms with Crippen molar-refractivity contribution in [2.24, 2.45) is 40.9 Å². The summed E-state index contributed by atoms with van der Waals surface area (Å²) in [4.78, 5) is 15.8. The fraction of sp³-hybridized carbons (Fsp3) is 0.962. The number of fused-ring (bicyclic) bond motifs is 3. The molecule has 3 saturated carbocycles. The first-order valence-corrected chi connectivity index (χ1v) is 12.8. The van der Waals surface area contributed by atoms with E-state index in [1.54, 1.807) is 0 Å². The molecule has 0 amide bonds. The number of hydrogen-bond acceptors (Lipinski definition) is 2. The fourth-order valence-electron chi connectivity index (χ4n) is 8.50. The molecule has 0 aromatic rings. The summed E-state index contributed by atoms with van der Waals surface area (Å²) >= 11 is 0. The lowest BCUT2D eigenvalue weighted by molar-refractivity contribution is -0.131. The number of carbonyl (C=O) groups excluding carboxylic acids is 1. The van der Waals surface area contributed by atoms with Crippen molar-refractivity contribution in [1.29, 1.82) is 0 Å². The predicted molar refractivity (Wildman–Crippen MR) is 117 cm³/mol. The van der Waals surface area contributed by atoms with Crippen LogP contribution in [0.2, 0.25) is 0 Å². The molecule has 3 aliphatic carbocycles. The van der Waals surface area contributed by atoms with Gasteiger partial charge in [0.05, 0.1) is 6.54 Å². The lowest BCUT2D eigenvalue weighted by atomic mass is 9.50. The highest BCUT2D eigenvalue weighted by atomic mass is 16.1. The summed E-state index contributed by atoms with van der Waals surface area (Å²) in [6.07, 6.45) is 16.3. The third-order valence-electron chi connectivity index (χ3n) is 9.88. The fourth-order valence-corrected chi connectivity index (χ4v) is 8.50. The van der Waals surface area contributed by atoms with Gasteiger partial charge in [-0.05, 0) is 99.5 Å². The van der Waals surface area contributed by atoms with Crippen LogP contribution in [0.1, 0.15) is 97.8 Å². The molecule has 0 aromatic carbocycles. The van der Waals surface area contributed by atoms with Gasteiger partial charge in [0.25, 0.3) is 0 Å². The van der Waals surface area contributed by atoms with Gasteiger partial charge in [-0.2, -0.15) is 0 Å². The Kier molecular flexibility index (Phi) is 6.55. The van der Waals surface area contributed by atoms with E-state index in [2.05, 4.69) is 25.7 Å². The molecule has 1 aliphatic heterocycles. The molecule has 0 bridgehead atoms. The highest BCUT2D eigenvalue weighted by molar-refractivity contribution is 5.84. The number of nitrogens with zero attached hydrogens (tertiary/aromatic N) is 1. The Morgan fingerprint density at radius 2 is 1.75 bits per heavy atom. The summed E-state index contributed by atoms with van der Waals surface area (Å²) < 4.78 is 0. The summed E-state index contributed by atoms with van der Waals surface area (Å²) in [5.74, 6) is 5.62. The largest absolute Gasteiger partial charge is 0.298 e. The van der Waals surface area contributed by atoms with Crippen molar-refractivity contribution < 1.29 is 4.79 Å². The van der Waals surface area contributed by atoms with Crippen molar-refractivity contribution in [2.75, 3.05) is 19.6 Å². The summed E-state index contributed by atoms with van der Waals surface area (Å²) in [5, 5.41) is 0. The first-order chi connectivity index (χ1) is 13.6. The second kappa shape index (κ2) is 8.78. The first-order valence-electron chi connectivity index (χ1n) is 12.8. The molecule has 0 aromatic heterocycles. The Bertz CT molecular complexity index is 539. The summed E-state index contributed by atoms with van der Waals surface area (Å²) in [6.45, 7) is 10.4. The Balaban J connectivity index is 1.46. The molecule has 7 atom stereocenters. The van der Waals surface area contributed by atoms with Crippen LogP contribution in [0.15, 0.2) is 0 Å². The van der Waals surface area contributed by atoms with E-state index in [0.29, 0.717) is 17.1 Å². The zero-order chi connectivity index (χ0) is 19.7. The number of likely N-dealkylation sites (tertiary alicyclic amines) is 1. The maximum Gasteiger partial charge on any atom is 0.150 e. The zero-order valence-electron chi connectivity index (χ0n) is 18.9. The van der Waals surface area contributed by atoms with Gasteiger partial charge in [-0.3, -0.25) is 9.69 Å². The van der Waals surface area contributed by atoms with Gasteiger partial charge in [0.1, 0.15) is 5.78 Å². The third-order valence-corrected chi connectivity index (χ3v) is 9.88. The molecule has 28 heavy (non-hydrogen) atoms. The molecule has 2 heteroatoms. The molecule has 0 spiro atoms. The average Bonchev–Trinajstić information content (AvgIpc) is 3.06. The predicted octanol–water partition coefficient (Wildman–Crippen LogP) is 6.34. The van der Waals surface area contributed by atoms with E-state index in [1.807, 2.05) is 0 Å². The topological polar surface area (TPSA) is 20.3 Å². The van der Waals surface area contributed by atoms with E-state index in [9.17, 15) is 4.79 Å². The molecule has 4 fully saturated rings. The van der Waals surface area contributed by atoms with Crippen LogP contribution in [-0.4, -0.2) is 30.3 Å². The van der Waals surface area contributed by atoms with Gasteiger partial charge in [-0.1, -0.05) is 46.5 Å². The van der Waals surface area contributed by atoms with Crippen molar-refractivity contribution in [1.82, 2.24) is 4.90 Å². The number of carbonyl (C=O) groups is 1. The highest BCUT2D eigenvalue weighted by Gasteiger charge is 2.57.